The third kappa shape index (κ3) is 4.94. The van der Waals surface area contributed by atoms with E-state index in [1.165, 1.54) is 23.9 Å². The molecule has 0 amide bonds. The van der Waals surface area contributed by atoms with Crippen LogP contribution in [0.5, 0.6) is 0 Å². The molecule has 1 rings (SSSR count). The van der Waals surface area contributed by atoms with Crippen molar-refractivity contribution in [2.45, 2.75) is 18.7 Å². The Hall–Kier alpha value is -0.610. The molecule has 1 aromatic rings. The molecule has 90 valence electrons. The van der Waals surface area contributed by atoms with Crippen molar-refractivity contribution in [3.63, 3.8) is 0 Å². The average molecular weight is 245 g/mol. The van der Waals surface area contributed by atoms with Crippen LogP contribution in [0.3, 0.4) is 0 Å². The van der Waals surface area contributed by atoms with Crippen molar-refractivity contribution in [1.29, 1.82) is 0 Å². The quantitative estimate of drug-likeness (QED) is 0.609. The summed E-state index contributed by atoms with van der Waals surface area (Å²) in [5.41, 5.74) is 0. The van der Waals surface area contributed by atoms with E-state index >= 15 is 0 Å². The maximum absolute atomic E-state index is 13.2. The zero-order valence-electron chi connectivity index (χ0n) is 9.59. The van der Waals surface area contributed by atoms with Crippen LogP contribution in [-0.4, -0.2) is 18.8 Å². The first kappa shape index (κ1) is 13.5. The molecule has 0 spiro atoms. The Balaban J connectivity index is 2.27. The van der Waals surface area contributed by atoms with Crippen LogP contribution in [0.4, 0.5) is 8.78 Å². The Labute approximate surface area is 99.6 Å². The SMILES string of the molecule is CC(C)CNCCSc1ccc(F)cc1F. The van der Waals surface area contributed by atoms with E-state index in [1.807, 2.05) is 0 Å². The van der Waals surface area contributed by atoms with E-state index in [2.05, 4.69) is 19.2 Å². The number of halogens is 2. The van der Waals surface area contributed by atoms with Crippen LogP contribution in [0.25, 0.3) is 0 Å². The molecule has 0 aliphatic carbocycles. The van der Waals surface area contributed by atoms with E-state index in [0.717, 1.165) is 24.9 Å². The van der Waals surface area contributed by atoms with Gasteiger partial charge in [0, 0.05) is 23.3 Å². The van der Waals surface area contributed by atoms with Crippen LogP contribution in [0.1, 0.15) is 13.8 Å². The highest BCUT2D eigenvalue weighted by molar-refractivity contribution is 7.99. The normalized spacial score (nSPS) is 11.1. The topological polar surface area (TPSA) is 12.0 Å². The lowest BCUT2D eigenvalue weighted by molar-refractivity contribution is 0.563. The lowest BCUT2D eigenvalue weighted by Gasteiger charge is -2.07. The van der Waals surface area contributed by atoms with Gasteiger partial charge < -0.3 is 5.32 Å². The molecule has 0 atom stereocenters. The molecular formula is C12H17F2NS. The summed E-state index contributed by atoms with van der Waals surface area (Å²) in [5, 5.41) is 3.27. The fraction of sp³-hybridized carbons (Fsp3) is 0.500. The third-order valence-corrected chi connectivity index (χ3v) is 3.03. The van der Waals surface area contributed by atoms with Gasteiger partial charge in [-0.25, -0.2) is 8.78 Å². The minimum Gasteiger partial charge on any atom is -0.316 e. The van der Waals surface area contributed by atoms with Crippen LogP contribution in [-0.2, 0) is 0 Å². The summed E-state index contributed by atoms with van der Waals surface area (Å²) in [5.74, 6) is 0.399. The van der Waals surface area contributed by atoms with Crippen molar-refractivity contribution in [2.75, 3.05) is 18.8 Å². The first-order valence-corrected chi connectivity index (χ1v) is 6.36. The molecule has 0 aliphatic heterocycles. The number of nitrogens with one attached hydrogen (secondary N) is 1. The van der Waals surface area contributed by atoms with Gasteiger partial charge in [-0.05, 0) is 24.6 Å². The maximum atomic E-state index is 13.2. The molecule has 0 saturated carbocycles. The standard InChI is InChI=1S/C12H17F2NS/c1-9(2)8-15-5-6-16-12-4-3-10(13)7-11(12)14/h3-4,7,9,15H,5-6,8H2,1-2H3. The molecule has 0 fully saturated rings. The van der Waals surface area contributed by atoms with Gasteiger partial charge >= 0.3 is 0 Å². The van der Waals surface area contributed by atoms with Crippen molar-refractivity contribution in [2.24, 2.45) is 5.92 Å². The van der Waals surface area contributed by atoms with Crippen LogP contribution in [0.15, 0.2) is 23.1 Å². The monoisotopic (exact) mass is 245 g/mol. The molecule has 0 heterocycles. The molecule has 4 heteroatoms. The van der Waals surface area contributed by atoms with Crippen LogP contribution in [0.2, 0.25) is 0 Å². The van der Waals surface area contributed by atoms with E-state index in [9.17, 15) is 8.78 Å². The van der Waals surface area contributed by atoms with Gasteiger partial charge in [-0.2, -0.15) is 0 Å². The van der Waals surface area contributed by atoms with Gasteiger partial charge in [0.25, 0.3) is 0 Å². The van der Waals surface area contributed by atoms with Crippen LogP contribution in [0, 0.1) is 17.6 Å². The third-order valence-electron chi connectivity index (χ3n) is 1.98. The molecule has 1 N–H and O–H groups in total. The van der Waals surface area contributed by atoms with Crippen molar-refractivity contribution in [3.8, 4) is 0 Å². The summed E-state index contributed by atoms with van der Waals surface area (Å²) in [6.45, 7) is 6.08. The van der Waals surface area contributed by atoms with Gasteiger partial charge in [-0.15, -0.1) is 11.8 Å². The van der Waals surface area contributed by atoms with E-state index < -0.39 is 11.6 Å². The van der Waals surface area contributed by atoms with E-state index in [0.29, 0.717) is 10.8 Å². The summed E-state index contributed by atoms with van der Waals surface area (Å²) in [6, 6.07) is 3.69. The van der Waals surface area contributed by atoms with E-state index in [4.69, 9.17) is 0 Å². The molecule has 1 nitrogen and oxygen atoms in total. The van der Waals surface area contributed by atoms with E-state index in [-0.39, 0.29) is 0 Å². The second-order valence-corrected chi connectivity index (χ2v) is 5.16. The van der Waals surface area contributed by atoms with Crippen molar-refractivity contribution >= 4 is 11.8 Å². The molecule has 0 aromatic heterocycles. The average Bonchev–Trinajstić information content (AvgIpc) is 2.20. The Morgan fingerprint density at radius 2 is 2.06 bits per heavy atom. The Kier molecular flexibility index (Phi) is 5.77. The first-order valence-electron chi connectivity index (χ1n) is 5.38. The molecule has 0 bridgehead atoms. The molecule has 0 saturated heterocycles. The second-order valence-electron chi connectivity index (χ2n) is 4.02. The van der Waals surface area contributed by atoms with E-state index in [1.54, 1.807) is 0 Å². The molecule has 16 heavy (non-hydrogen) atoms. The summed E-state index contributed by atoms with van der Waals surface area (Å²) < 4.78 is 25.8. The molecule has 1 aromatic carbocycles. The van der Waals surface area contributed by atoms with Crippen molar-refractivity contribution in [1.82, 2.24) is 5.32 Å². The van der Waals surface area contributed by atoms with Gasteiger partial charge in [0.2, 0.25) is 0 Å². The highest BCUT2D eigenvalue weighted by atomic mass is 32.2. The predicted octanol–water partition coefficient (Wildman–Crippen LogP) is 3.30. The summed E-state index contributed by atoms with van der Waals surface area (Å²) in [4.78, 5) is 0.507. The number of benzene rings is 1. The highest BCUT2D eigenvalue weighted by Gasteiger charge is 2.03. The number of hydrogen-bond acceptors (Lipinski definition) is 2. The minimum atomic E-state index is -0.528. The fourth-order valence-electron chi connectivity index (χ4n) is 1.22. The minimum absolute atomic E-state index is 0.478. The zero-order valence-corrected chi connectivity index (χ0v) is 10.4. The van der Waals surface area contributed by atoms with Crippen LogP contribution < -0.4 is 5.32 Å². The van der Waals surface area contributed by atoms with Gasteiger partial charge in [0.15, 0.2) is 0 Å². The Morgan fingerprint density at radius 1 is 1.31 bits per heavy atom. The lowest BCUT2D eigenvalue weighted by Crippen LogP contribution is -2.22. The largest absolute Gasteiger partial charge is 0.316 e. The highest BCUT2D eigenvalue weighted by Crippen LogP contribution is 2.21. The predicted molar refractivity (Wildman–Crippen MR) is 64.8 cm³/mol. The lowest BCUT2D eigenvalue weighted by atomic mass is 10.2. The Bertz CT molecular complexity index is 329. The van der Waals surface area contributed by atoms with Crippen molar-refractivity contribution < 1.29 is 8.78 Å². The van der Waals surface area contributed by atoms with Crippen LogP contribution >= 0.6 is 11.8 Å². The number of hydrogen-bond donors (Lipinski definition) is 1. The molecular weight excluding hydrogens is 228 g/mol. The summed E-state index contributed by atoms with van der Waals surface area (Å²) in [7, 11) is 0. The maximum Gasteiger partial charge on any atom is 0.139 e. The number of thioether (sulfide) groups is 1. The molecule has 0 unspecified atom stereocenters. The zero-order chi connectivity index (χ0) is 12.0. The summed E-state index contributed by atoms with van der Waals surface area (Å²) in [6.07, 6.45) is 0. The fourth-order valence-corrected chi connectivity index (χ4v) is 2.04. The Morgan fingerprint density at radius 3 is 2.69 bits per heavy atom. The molecule has 0 radical (unpaired) electrons. The van der Waals surface area contributed by atoms with Gasteiger partial charge in [0.1, 0.15) is 11.6 Å². The molecule has 0 aliphatic rings. The first-order chi connectivity index (χ1) is 7.59. The van der Waals surface area contributed by atoms with Crippen molar-refractivity contribution in [3.05, 3.63) is 29.8 Å². The summed E-state index contributed by atoms with van der Waals surface area (Å²) >= 11 is 1.40. The van der Waals surface area contributed by atoms with Gasteiger partial charge in [-0.3, -0.25) is 0 Å². The number of rotatable bonds is 6. The van der Waals surface area contributed by atoms with Gasteiger partial charge in [0.05, 0.1) is 0 Å². The second kappa shape index (κ2) is 6.86. The smallest absolute Gasteiger partial charge is 0.139 e. The van der Waals surface area contributed by atoms with Gasteiger partial charge in [-0.1, -0.05) is 13.8 Å².